The lowest BCUT2D eigenvalue weighted by Crippen LogP contribution is -2.25. The van der Waals surface area contributed by atoms with Crippen LogP contribution in [0.2, 0.25) is 0 Å². The Bertz CT molecular complexity index is 213. The van der Waals surface area contributed by atoms with E-state index in [1.165, 1.54) is 37.9 Å². The second kappa shape index (κ2) is 5.11. The average molecular weight is 179 g/mol. The van der Waals surface area contributed by atoms with Gasteiger partial charge in [-0.2, -0.15) is 0 Å². The lowest BCUT2D eigenvalue weighted by molar-refractivity contribution is 0.379. The molecule has 1 saturated heterocycles. The first-order chi connectivity index (χ1) is 6.38. The summed E-state index contributed by atoms with van der Waals surface area (Å²) in [6.45, 7) is 5.24. The van der Waals surface area contributed by atoms with E-state index in [4.69, 9.17) is 0 Å². The van der Waals surface area contributed by atoms with Crippen molar-refractivity contribution in [3.63, 3.8) is 0 Å². The van der Waals surface area contributed by atoms with E-state index in [1.807, 2.05) is 13.8 Å². The van der Waals surface area contributed by atoms with Gasteiger partial charge < -0.3 is 4.90 Å². The summed E-state index contributed by atoms with van der Waals surface area (Å²) in [5.74, 6) is 0. The number of nitrogens with zero attached hydrogens (tertiary/aromatic N) is 1. The van der Waals surface area contributed by atoms with Gasteiger partial charge >= 0.3 is 0 Å². The van der Waals surface area contributed by atoms with Crippen LogP contribution in [-0.2, 0) is 0 Å². The molecule has 1 aliphatic heterocycles. The molecule has 0 bridgehead atoms. The fraction of sp³-hybridized carbons (Fsp3) is 0.667. The number of likely N-dealkylation sites (N-methyl/N-ethyl adjacent to an activating group) is 1. The molecule has 0 aromatic heterocycles. The molecule has 0 saturated carbocycles. The molecule has 2 aliphatic rings. The van der Waals surface area contributed by atoms with E-state index in [2.05, 4.69) is 24.1 Å². The highest BCUT2D eigenvalue weighted by atomic mass is 15.1. The van der Waals surface area contributed by atoms with Crippen molar-refractivity contribution in [3.05, 3.63) is 23.4 Å². The zero-order valence-electron chi connectivity index (χ0n) is 9.14. The summed E-state index contributed by atoms with van der Waals surface area (Å²) in [5, 5.41) is 0. The molecule has 0 atom stereocenters. The monoisotopic (exact) mass is 179 g/mol. The van der Waals surface area contributed by atoms with Crippen molar-refractivity contribution in [2.24, 2.45) is 0 Å². The second-order valence-electron chi connectivity index (χ2n) is 3.42. The highest BCUT2D eigenvalue weighted by molar-refractivity contribution is 5.33. The molecule has 1 fully saturated rings. The standard InChI is InChI=1S/C10H15N.C2H6/c1-11-8-4-6-9-5-2-3-7-10(9)11;1-2/h5,7H,2-4,6,8H2,1H3;1-2H3. The first-order valence-electron chi connectivity index (χ1n) is 5.48. The fourth-order valence-corrected chi connectivity index (χ4v) is 1.97. The van der Waals surface area contributed by atoms with Gasteiger partial charge in [-0.15, -0.1) is 0 Å². The molecule has 0 aromatic rings. The SMILES string of the molecule is CC.CN1CCCC2=CCCC=C21. The predicted molar refractivity (Wildman–Crippen MR) is 58.6 cm³/mol. The number of likely N-dealkylation sites (tertiary alicyclic amines) is 1. The minimum atomic E-state index is 1.24. The molecule has 13 heavy (non-hydrogen) atoms. The van der Waals surface area contributed by atoms with Gasteiger partial charge in [-0.1, -0.05) is 26.0 Å². The Morgan fingerprint density at radius 2 is 1.85 bits per heavy atom. The van der Waals surface area contributed by atoms with Crippen molar-refractivity contribution in [2.45, 2.75) is 39.5 Å². The minimum Gasteiger partial charge on any atom is -0.375 e. The number of allylic oxidation sites excluding steroid dienone is 3. The zero-order valence-corrected chi connectivity index (χ0v) is 9.14. The molecule has 0 amide bonds. The summed E-state index contributed by atoms with van der Waals surface area (Å²) in [7, 11) is 2.20. The van der Waals surface area contributed by atoms with Crippen LogP contribution >= 0.6 is 0 Å². The van der Waals surface area contributed by atoms with Gasteiger partial charge in [0.25, 0.3) is 0 Å². The van der Waals surface area contributed by atoms with E-state index in [9.17, 15) is 0 Å². The lowest BCUT2D eigenvalue weighted by Gasteiger charge is -2.31. The van der Waals surface area contributed by atoms with Crippen molar-refractivity contribution < 1.29 is 0 Å². The van der Waals surface area contributed by atoms with E-state index in [-0.39, 0.29) is 0 Å². The van der Waals surface area contributed by atoms with E-state index in [0.29, 0.717) is 0 Å². The number of rotatable bonds is 0. The van der Waals surface area contributed by atoms with Gasteiger partial charge in [-0.3, -0.25) is 0 Å². The lowest BCUT2D eigenvalue weighted by atomic mass is 9.95. The molecule has 0 radical (unpaired) electrons. The van der Waals surface area contributed by atoms with Crippen LogP contribution in [-0.4, -0.2) is 18.5 Å². The van der Waals surface area contributed by atoms with E-state index < -0.39 is 0 Å². The van der Waals surface area contributed by atoms with Crippen LogP contribution < -0.4 is 0 Å². The molecule has 74 valence electrons. The molecule has 1 heteroatoms. The molecule has 0 spiro atoms. The van der Waals surface area contributed by atoms with Gasteiger partial charge in [0.05, 0.1) is 0 Å². The van der Waals surface area contributed by atoms with Crippen molar-refractivity contribution in [3.8, 4) is 0 Å². The molecule has 1 heterocycles. The van der Waals surface area contributed by atoms with Gasteiger partial charge in [0.2, 0.25) is 0 Å². The third kappa shape index (κ3) is 2.36. The van der Waals surface area contributed by atoms with Crippen LogP contribution in [0.5, 0.6) is 0 Å². The molecular weight excluding hydrogens is 158 g/mol. The maximum absolute atomic E-state index is 2.41. The van der Waals surface area contributed by atoms with Crippen LogP contribution in [0.15, 0.2) is 23.4 Å². The minimum absolute atomic E-state index is 1.24. The van der Waals surface area contributed by atoms with Crippen LogP contribution in [0.1, 0.15) is 39.5 Å². The zero-order chi connectivity index (χ0) is 9.68. The number of hydrogen-bond acceptors (Lipinski definition) is 1. The van der Waals surface area contributed by atoms with Gasteiger partial charge in [-0.25, -0.2) is 0 Å². The summed E-state index contributed by atoms with van der Waals surface area (Å²) >= 11 is 0. The molecule has 0 unspecified atom stereocenters. The Labute approximate surface area is 82.1 Å². The third-order valence-electron chi connectivity index (χ3n) is 2.57. The van der Waals surface area contributed by atoms with Gasteiger partial charge in [-0.05, 0) is 31.3 Å². The Morgan fingerprint density at radius 1 is 1.15 bits per heavy atom. The highest BCUT2D eigenvalue weighted by Crippen LogP contribution is 2.28. The predicted octanol–water partition coefficient (Wildman–Crippen LogP) is 3.34. The smallest absolute Gasteiger partial charge is 0.0352 e. The van der Waals surface area contributed by atoms with Crippen LogP contribution in [0.25, 0.3) is 0 Å². The first kappa shape index (κ1) is 10.4. The first-order valence-corrected chi connectivity index (χ1v) is 5.48. The highest BCUT2D eigenvalue weighted by Gasteiger charge is 2.16. The number of hydrogen-bond donors (Lipinski definition) is 0. The maximum atomic E-state index is 2.41. The normalized spacial score (nSPS) is 20.7. The van der Waals surface area contributed by atoms with E-state index in [0.717, 1.165) is 0 Å². The van der Waals surface area contributed by atoms with Crippen molar-refractivity contribution >= 4 is 0 Å². The fourth-order valence-electron chi connectivity index (χ4n) is 1.97. The molecule has 0 aromatic carbocycles. The number of fused-ring (bicyclic) bond motifs is 1. The topological polar surface area (TPSA) is 3.24 Å². The summed E-state index contributed by atoms with van der Waals surface area (Å²) in [4.78, 5) is 2.38. The summed E-state index contributed by atoms with van der Waals surface area (Å²) in [6, 6.07) is 0. The molecule has 1 nitrogen and oxygen atoms in total. The van der Waals surface area contributed by atoms with Crippen LogP contribution in [0.3, 0.4) is 0 Å². The molecule has 0 N–H and O–H groups in total. The Kier molecular flexibility index (Phi) is 4.07. The van der Waals surface area contributed by atoms with Crippen LogP contribution in [0, 0.1) is 0 Å². The molecule has 1 aliphatic carbocycles. The largest absolute Gasteiger partial charge is 0.375 e. The second-order valence-corrected chi connectivity index (χ2v) is 3.42. The molecular formula is C12H21N. The summed E-state index contributed by atoms with van der Waals surface area (Å²) in [5.41, 5.74) is 3.09. The average Bonchev–Trinajstić information content (AvgIpc) is 2.22. The summed E-state index contributed by atoms with van der Waals surface area (Å²) < 4.78 is 0. The van der Waals surface area contributed by atoms with E-state index in [1.54, 1.807) is 5.57 Å². The Hall–Kier alpha value is -0.720. The van der Waals surface area contributed by atoms with Crippen molar-refractivity contribution in [2.75, 3.05) is 13.6 Å². The summed E-state index contributed by atoms with van der Waals surface area (Å²) in [6.07, 6.45) is 9.92. The third-order valence-corrected chi connectivity index (χ3v) is 2.57. The van der Waals surface area contributed by atoms with Gasteiger partial charge in [0.15, 0.2) is 0 Å². The van der Waals surface area contributed by atoms with E-state index >= 15 is 0 Å². The maximum Gasteiger partial charge on any atom is 0.0352 e. The number of piperidine rings is 1. The van der Waals surface area contributed by atoms with Crippen molar-refractivity contribution in [1.82, 2.24) is 4.90 Å². The van der Waals surface area contributed by atoms with Gasteiger partial charge in [0, 0.05) is 19.3 Å². The Balaban J connectivity index is 0.000000396. The molecule has 2 rings (SSSR count). The van der Waals surface area contributed by atoms with Crippen LogP contribution in [0.4, 0.5) is 0 Å². The Morgan fingerprint density at radius 3 is 2.54 bits per heavy atom. The van der Waals surface area contributed by atoms with Gasteiger partial charge in [0.1, 0.15) is 0 Å². The quantitative estimate of drug-likeness (QED) is 0.551. The van der Waals surface area contributed by atoms with Crippen molar-refractivity contribution in [1.29, 1.82) is 0 Å².